The van der Waals surface area contributed by atoms with Crippen LogP contribution in [0.2, 0.25) is 0 Å². The number of imide groups is 1. The number of hydrogen-bond acceptors (Lipinski definition) is 4. The second-order valence-corrected chi connectivity index (χ2v) is 9.97. The summed E-state index contributed by atoms with van der Waals surface area (Å²) < 4.78 is 76.2. The van der Waals surface area contributed by atoms with Gasteiger partial charge in [-0.05, 0) is 34.0 Å². The summed E-state index contributed by atoms with van der Waals surface area (Å²) in [5.74, 6) is -3.28. The number of anilines is 1. The highest BCUT2D eigenvalue weighted by molar-refractivity contribution is 9.10. The molecular formula is C20H17BrF5N3O3. The van der Waals surface area contributed by atoms with Gasteiger partial charge in [0.1, 0.15) is 5.41 Å². The quantitative estimate of drug-likeness (QED) is 0.404. The minimum Gasteiger partial charge on any atom is -0.361 e. The van der Waals surface area contributed by atoms with E-state index >= 15 is 4.39 Å². The number of nitrogens with zero attached hydrogens (tertiary/aromatic N) is 1. The SMILES string of the molecule is CC1(C)C=C2NC(=O)NC(=O)[C@@]23Cc2cc(Br)c(F)c(F)c2N2C[C@@H](C(F)(F)F)OC1[C@@H]23. The van der Waals surface area contributed by atoms with E-state index in [1.54, 1.807) is 13.8 Å². The van der Waals surface area contributed by atoms with Gasteiger partial charge < -0.3 is 15.0 Å². The lowest BCUT2D eigenvalue weighted by Gasteiger charge is -2.62. The summed E-state index contributed by atoms with van der Waals surface area (Å²) in [6.07, 6.45) is -6.89. The zero-order valence-corrected chi connectivity index (χ0v) is 18.3. The summed E-state index contributed by atoms with van der Waals surface area (Å²) in [4.78, 5) is 26.4. The molecule has 1 aromatic carbocycles. The van der Waals surface area contributed by atoms with Gasteiger partial charge in [0.05, 0.1) is 28.9 Å². The molecule has 0 aromatic heterocycles. The molecule has 2 saturated heterocycles. The second kappa shape index (κ2) is 6.43. The third-order valence-corrected chi connectivity index (χ3v) is 7.33. The van der Waals surface area contributed by atoms with Crippen LogP contribution in [0, 0.1) is 22.5 Å². The number of morpholine rings is 1. The van der Waals surface area contributed by atoms with Gasteiger partial charge in [-0.2, -0.15) is 13.2 Å². The predicted octanol–water partition coefficient (Wildman–Crippen LogP) is 3.54. The number of carbonyl (C=O) groups excluding carboxylic acids is 2. The Hall–Kier alpha value is -2.21. The summed E-state index contributed by atoms with van der Waals surface area (Å²) >= 11 is 2.93. The molecule has 2 fully saturated rings. The number of alkyl halides is 3. The number of benzene rings is 1. The highest BCUT2D eigenvalue weighted by Gasteiger charge is 2.68. The molecule has 1 spiro atoms. The van der Waals surface area contributed by atoms with Crippen molar-refractivity contribution in [2.75, 3.05) is 11.4 Å². The van der Waals surface area contributed by atoms with Gasteiger partial charge in [-0.3, -0.25) is 10.1 Å². The molecule has 2 N–H and O–H groups in total. The summed E-state index contributed by atoms with van der Waals surface area (Å²) in [7, 11) is 0. The molecule has 5 rings (SSSR count). The first kappa shape index (κ1) is 21.6. The van der Waals surface area contributed by atoms with Crippen molar-refractivity contribution in [1.82, 2.24) is 10.6 Å². The standard InChI is InChI=1S/C20H17BrF5N3O3/c1-18(2)5-9-19(16(30)28-17(31)27-9)4-7-3-8(21)11(22)12(23)13(7)29-6-10(20(24,25)26)32-15(18)14(19)29/h3,5,10,14-15H,4,6H2,1-2H3,(H2,27,28,30,31)/t10-,14+,15?,19-/m0/s1. The number of fused-ring (bicyclic) bond motifs is 2. The minimum absolute atomic E-state index is 0.144. The maximum Gasteiger partial charge on any atom is 0.416 e. The van der Waals surface area contributed by atoms with Gasteiger partial charge in [-0.15, -0.1) is 0 Å². The number of hydrogen-bond donors (Lipinski definition) is 2. The molecule has 3 heterocycles. The van der Waals surface area contributed by atoms with E-state index in [-0.39, 0.29) is 27.8 Å². The smallest absolute Gasteiger partial charge is 0.361 e. The van der Waals surface area contributed by atoms with Crippen LogP contribution in [0.15, 0.2) is 22.3 Å². The molecular weight excluding hydrogens is 505 g/mol. The number of ether oxygens (including phenoxy) is 1. The molecule has 1 aliphatic carbocycles. The van der Waals surface area contributed by atoms with Gasteiger partial charge in [-0.25, -0.2) is 13.6 Å². The largest absolute Gasteiger partial charge is 0.416 e. The molecule has 3 aliphatic heterocycles. The summed E-state index contributed by atoms with van der Waals surface area (Å²) in [5, 5.41) is 4.79. The number of rotatable bonds is 0. The maximum absolute atomic E-state index is 15.1. The Morgan fingerprint density at radius 2 is 1.88 bits per heavy atom. The summed E-state index contributed by atoms with van der Waals surface area (Å²) in [6, 6.07) is -0.624. The fraction of sp³-hybridized carbons (Fsp3) is 0.500. The van der Waals surface area contributed by atoms with Crippen molar-refractivity contribution < 1.29 is 36.3 Å². The Balaban J connectivity index is 1.82. The Morgan fingerprint density at radius 3 is 2.53 bits per heavy atom. The van der Waals surface area contributed by atoms with Crippen molar-refractivity contribution in [1.29, 1.82) is 0 Å². The lowest BCUT2D eigenvalue weighted by molar-refractivity contribution is -0.256. The van der Waals surface area contributed by atoms with Crippen molar-refractivity contribution in [3.05, 3.63) is 39.5 Å². The number of urea groups is 1. The van der Waals surface area contributed by atoms with Crippen LogP contribution in [0.5, 0.6) is 0 Å². The van der Waals surface area contributed by atoms with E-state index < -0.39 is 65.4 Å². The van der Waals surface area contributed by atoms with Gasteiger partial charge in [0.25, 0.3) is 0 Å². The number of carbonyl (C=O) groups is 2. The van der Waals surface area contributed by atoms with Crippen LogP contribution in [0.1, 0.15) is 19.4 Å². The first-order valence-electron chi connectivity index (χ1n) is 9.78. The molecule has 0 radical (unpaired) electrons. The average Bonchev–Trinajstić information content (AvgIpc) is 2.67. The molecule has 172 valence electrons. The third kappa shape index (κ3) is 2.71. The van der Waals surface area contributed by atoms with Crippen LogP contribution in [0.3, 0.4) is 0 Å². The molecule has 1 unspecified atom stereocenters. The first-order chi connectivity index (χ1) is 14.8. The zero-order valence-electron chi connectivity index (χ0n) is 16.7. The molecule has 0 saturated carbocycles. The van der Waals surface area contributed by atoms with Crippen LogP contribution < -0.4 is 15.5 Å². The van der Waals surface area contributed by atoms with Gasteiger partial charge >= 0.3 is 12.2 Å². The average molecular weight is 522 g/mol. The van der Waals surface area contributed by atoms with E-state index in [2.05, 4.69) is 26.6 Å². The second-order valence-electron chi connectivity index (χ2n) is 9.11. The number of halogens is 6. The zero-order chi connectivity index (χ0) is 23.4. The Bertz CT molecular complexity index is 1100. The maximum atomic E-state index is 15.1. The predicted molar refractivity (Wildman–Crippen MR) is 105 cm³/mol. The summed E-state index contributed by atoms with van der Waals surface area (Å²) in [5.41, 5.74) is -2.60. The van der Waals surface area contributed by atoms with Gasteiger partial charge in [0.2, 0.25) is 5.91 Å². The Labute approximate surface area is 187 Å². The van der Waals surface area contributed by atoms with Crippen molar-refractivity contribution in [2.45, 2.75) is 44.7 Å². The first-order valence-corrected chi connectivity index (χ1v) is 10.6. The van der Waals surface area contributed by atoms with E-state index in [1.165, 1.54) is 12.1 Å². The van der Waals surface area contributed by atoms with Crippen LogP contribution in [-0.2, 0) is 16.0 Å². The highest BCUT2D eigenvalue weighted by Crippen LogP contribution is 2.57. The number of amides is 3. The Morgan fingerprint density at radius 1 is 1.19 bits per heavy atom. The highest BCUT2D eigenvalue weighted by atomic mass is 79.9. The topological polar surface area (TPSA) is 70.7 Å². The molecule has 1 aromatic rings. The van der Waals surface area contributed by atoms with Crippen molar-refractivity contribution >= 4 is 33.6 Å². The number of nitrogens with one attached hydrogen (secondary N) is 2. The van der Waals surface area contributed by atoms with Gasteiger partial charge in [-0.1, -0.05) is 19.9 Å². The molecule has 3 amide bonds. The van der Waals surface area contributed by atoms with Gasteiger partial charge in [0.15, 0.2) is 17.7 Å². The lowest BCUT2D eigenvalue weighted by atomic mass is 9.57. The van der Waals surface area contributed by atoms with E-state index in [1.807, 2.05) is 0 Å². The normalized spacial score (nSPS) is 32.8. The van der Waals surface area contributed by atoms with Crippen LogP contribution in [0.25, 0.3) is 0 Å². The molecule has 12 heteroatoms. The molecule has 6 nitrogen and oxygen atoms in total. The third-order valence-electron chi connectivity index (χ3n) is 6.75. The summed E-state index contributed by atoms with van der Waals surface area (Å²) in [6.45, 7) is 2.39. The van der Waals surface area contributed by atoms with Crippen molar-refractivity contribution in [2.24, 2.45) is 10.8 Å². The molecule has 4 atom stereocenters. The van der Waals surface area contributed by atoms with E-state index in [9.17, 15) is 27.2 Å². The molecule has 4 aliphatic rings. The van der Waals surface area contributed by atoms with E-state index in [4.69, 9.17) is 4.74 Å². The van der Waals surface area contributed by atoms with Crippen molar-refractivity contribution in [3.63, 3.8) is 0 Å². The molecule has 32 heavy (non-hydrogen) atoms. The van der Waals surface area contributed by atoms with E-state index in [0.717, 1.165) is 4.90 Å². The molecule has 0 bridgehead atoms. The lowest BCUT2D eigenvalue weighted by Crippen LogP contribution is -2.77. The fourth-order valence-electron chi connectivity index (χ4n) is 5.44. The van der Waals surface area contributed by atoms with Crippen molar-refractivity contribution in [3.8, 4) is 0 Å². The fourth-order valence-corrected chi connectivity index (χ4v) is 5.89. The van der Waals surface area contributed by atoms with Crippen LogP contribution in [-0.4, -0.2) is 42.9 Å². The van der Waals surface area contributed by atoms with Crippen LogP contribution >= 0.6 is 15.9 Å². The minimum atomic E-state index is -4.77. The van der Waals surface area contributed by atoms with Gasteiger partial charge in [0, 0.05) is 11.1 Å². The Kier molecular flexibility index (Phi) is 4.35. The van der Waals surface area contributed by atoms with Crippen LogP contribution in [0.4, 0.5) is 32.4 Å². The monoisotopic (exact) mass is 521 g/mol. The van der Waals surface area contributed by atoms with E-state index in [0.29, 0.717) is 0 Å².